The summed E-state index contributed by atoms with van der Waals surface area (Å²) >= 11 is 1.86. The summed E-state index contributed by atoms with van der Waals surface area (Å²) < 4.78 is 4.99. The van der Waals surface area contributed by atoms with Gasteiger partial charge in [0, 0.05) is 42.9 Å². The number of para-hydroxylation sites is 1. The number of rotatable bonds is 4. The minimum atomic E-state index is 0.541. The number of fused-ring (bicyclic) bond motifs is 7. The van der Waals surface area contributed by atoms with Crippen LogP contribution in [0, 0.1) is 0 Å². The number of hydrogen-bond donors (Lipinski definition) is 0. The van der Waals surface area contributed by atoms with Gasteiger partial charge in [-0.2, -0.15) is 0 Å². The molecule has 3 aromatic heterocycles. The highest BCUT2D eigenvalue weighted by Gasteiger charge is 2.18. The fraction of sp³-hybridized carbons (Fsp3) is 0.0294. The molecule has 0 unspecified atom stereocenters. The molecule has 0 fully saturated rings. The molecule has 0 N–H and O–H groups in total. The standard InChI is InChI=1S/C34H22N4S/c1-3-11-22(12-4-1)33-35-30(36-34(37-33)23-13-5-2-6-14-23)21-38-28-17-9-7-15-24(28)26-19-20-27-25-16-8-10-18-29(25)39-32(27)31(26)38/h1-20H,21H2. The Morgan fingerprint density at radius 3 is 1.82 bits per heavy atom. The number of nitrogens with zero attached hydrogens (tertiary/aromatic N) is 4. The Balaban J connectivity index is 1.40. The number of benzene rings is 5. The molecule has 5 heteroatoms. The van der Waals surface area contributed by atoms with Crippen molar-refractivity contribution in [2.45, 2.75) is 6.54 Å². The van der Waals surface area contributed by atoms with Crippen LogP contribution in [0.15, 0.2) is 121 Å². The fourth-order valence-corrected chi connectivity index (χ4v) is 6.81. The third-order valence-corrected chi connectivity index (χ3v) is 8.51. The molecule has 0 saturated carbocycles. The fourth-order valence-electron chi connectivity index (χ4n) is 5.55. The van der Waals surface area contributed by atoms with Gasteiger partial charge >= 0.3 is 0 Å². The topological polar surface area (TPSA) is 43.6 Å². The maximum Gasteiger partial charge on any atom is 0.163 e. The SMILES string of the molecule is c1ccc(-c2nc(Cn3c4ccccc4c4ccc5c6ccccc6sc5c43)nc(-c3ccccc3)n2)cc1. The van der Waals surface area contributed by atoms with Gasteiger partial charge in [0.1, 0.15) is 0 Å². The van der Waals surface area contributed by atoms with Crippen molar-refractivity contribution in [2.75, 3.05) is 0 Å². The third-order valence-electron chi connectivity index (χ3n) is 7.32. The zero-order valence-corrected chi connectivity index (χ0v) is 21.8. The van der Waals surface area contributed by atoms with Gasteiger partial charge in [-0.05, 0) is 12.1 Å². The van der Waals surface area contributed by atoms with E-state index in [1.54, 1.807) is 0 Å². The first-order chi connectivity index (χ1) is 19.3. The summed E-state index contributed by atoms with van der Waals surface area (Å²) in [6.07, 6.45) is 0. The molecule has 0 aliphatic rings. The normalized spacial score (nSPS) is 11.7. The average molecular weight is 519 g/mol. The third kappa shape index (κ3) is 3.62. The quantitative estimate of drug-likeness (QED) is 0.234. The molecule has 5 aromatic carbocycles. The second-order valence-corrected chi connectivity index (χ2v) is 10.7. The minimum Gasteiger partial charge on any atom is -0.332 e. The van der Waals surface area contributed by atoms with Gasteiger partial charge in [0.25, 0.3) is 0 Å². The van der Waals surface area contributed by atoms with Gasteiger partial charge in [-0.3, -0.25) is 0 Å². The highest BCUT2D eigenvalue weighted by molar-refractivity contribution is 7.26. The predicted octanol–water partition coefficient (Wildman–Crippen LogP) is 8.73. The lowest BCUT2D eigenvalue weighted by Crippen LogP contribution is -2.08. The molecule has 0 amide bonds. The summed E-state index contributed by atoms with van der Waals surface area (Å²) in [5, 5.41) is 5.09. The van der Waals surface area contributed by atoms with E-state index >= 15 is 0 Å². The van der Waals surface area contributed by atoms with Crippen molar-refractivity contribution in [2.24, 2.45) is 0 Å². The first-order valence-electron chi connectivity index (χ1n) is 13.0. The number of thiophene rings is 1. The molecule has 39 heavy (non-hydrogen) atoms. The summed E-state index contributed by atoms with van der Waals surface area (Å²) in [6.45, 7) is 0.541. The van der Waals surface area contributed by atoms with Crippen molar-refractivity contribution in [1.82, 2.24) is 19.5 Å². The Hall–Kier alpha value is -4.87. The maximum absolute atomic E-state index is 5.00. The van der Waals surface area contributed by atoms with Crippen LogP contribution in [0.4, 0.5) is 0 Å². The lowest BCUT2D eigenvalue weighted by atomic mass is 10.1. The van der Waals surface area contributed by atoms with Gasteiger partial charge in [-0.15, -0.1) is 11.3 Å². The van der Waals surface area contributed by atoms with Crippen LogP contribution in [-0.2, 0) is 6.54 Å². The molecule has 8 rings (SSSR count). The second-order valence-electron chi connectivity index (χ2n) is 9.67. The van der Waals surface area contributed by atoms with Crippen LogP contribution in [0.2, 0.25) is 0 Å². The molecule has 4 nitrogen and oxygen atoms in total. The molecular formula is C34H22N4S. The summed E-state index contributed by atoms with van der Waals surface area (Å²) in [5.41, 5.74) is 4.37. The van der Waals surface area contributed by atoms with Crippen LogP contribution >= 0.6 is 11.3 Å². The first kappa shape index (κ1) is 22.1. The first-order valence-corrected chi connectivity index (χ1v) is 13.8. The van der Waals surface area contributed by atoms with E-state index in [-0.39, 0.29) is 0 Å². The Morgan fingerprint density at radius 2 is 1.10 bits per heavy atom. The Labute approximate surface area is 228 Å². The van der Waals surface area contributed by atoms with Crippen LogP contribution in [-0.4, -0.2) is 19.5 Å². The largest absolute Gasteiger partial charge is 0.332 e. The Bertz CT molecular complexity index is 2090. The van der Waals surface area contributed by atoms with E-state index in [9.17, 15) is 0 Å². The van der Waals surface area contributed by atoms with Gasteiger partial charge in [0.2, 0.25) is 0 Å². The van der Waals surface area contributed by atoms with E-state index in [0.29, 0.717) is 18.2 Å². The maximum atomic E-state index is 5.00. The summed E-state index contributed by atoms with van der Waals surface area (Å²) in [7, 11) is 0. The van der Waals surface area contributed by atoms with E-state index in [2.05, 4.69) is 89.5 Å². The lowest BCUT2D eigenvalue weighted by molar-refractivity contribution is 0.787. The highest BCUT2D eigenvalue weighted by atomic mass is 32.1. The molecule has 3 heterocycles. The molecule has 8 aromatic rings. The predicted molar refractivity (Wildman–Crippen MR) is 162 cm³/mol. The van der Waals surface area contributed by atoms with Crippen LogP contribution in [0.3, 0.4) is 0 Å². The van der Waals surface area contributed by atoms with Gasteiger partial charge in [-0.25, -0.2) is 15.0 Å². The Morgan fingerprint density at radius 1 is 0.513 bits per heavy atom. The van der Waals surface area contributed by atoms with Gasteiger partial charge in [0.05, 0.1) is 16.8 Å². The van der Waals surface area contributed by atoms with E-state index in [0.717, 1.165) is 17.0 Å². The zero-order valence-electron chi connectivity index (χ0n) is 21.0. The number of hydrogen-bond acceptors (Lipinski definition) is 4. The Kier molecular flexibility index (Phi) is 5.03. The van der Waals surface area contributed by atoms with Crippen molar-refractivity contribution in [3.63, 3.8) is 0 Å². The number of aromatic nitrogens is 4. The summed E-state index contributed by atoms with van der Waals surface area (Å²) in [6, 6.07) is 42.2. The molecule has 0 saturated heterocycles. The van der Waals surface area contributed by atoms with Crippen molar-refractivity contribution in [1.29, 1.82) is 0 Å². The average Bonchev–Trinajstić information content (AvgIpc) is 3.54. The second kappa shape index (κ2) is 8.86. The summed E-state index contributed by atoms with van der Waals surface area (Å²) in [4.78, 5) is 14.9. The van der Waals surface area contributed by atoms with Crippen molar-refractivity contribution < 1.29 is 0 Å². The molecule has 0 radical (unpaired) electrons. The van der Waals surface area contributed by atoms with Crippen molar-refractivity contribution in [3.05, 3.63) is 127 Å². The molecule has 0 atom stereocenters. The smallest absolute Gasteiger partial charge is 0.163 e. The molecule has 0 bridgehead atoms. The van der Waals surface area contributed by atoms with Crippen LogP contribution in [0.5, 0.6) is 0 Å². The van der Waals surface area contributed by atoms with Gasteiger partial charge < -0.3 is 4.57 Å². The van der Waals surface area contributed by atoms with Crippen molar-refractivity contribution in [3.8, 4) is 22.8 Å². The molecule has 0 aliphatic heterocycles. The monoisotopic (exact) mass is 518 g/mol. The lowest BCUT2D eigenvalue weighted by Gasteiger charge is -2.11. The van der Waals surface area contributed by atoms with Crippen LogP contribution < -0.4 is 0 Å². The van der Waals surface area contributed by atoms with Crippen LogP contribution in [0.1, 0.15) is 5.82 Å². The molecular weight excluding hydrogens is 496 g/mol. The van der Waals surface area contributed by atoms with E-state index < -0.39 is 0 Å². The van der Waals surface area contributed by atoms with E-state index in [1.807, 2.05) is 47.7 Å². The summed E-state index contributed by atoms with van der Waals surface area (Å²) in [5.74, 6) is 2.11. The molecule has 184 valence electrons. The highest BCUT2D eigenvalue weighted by Crippen LogP contribution is 2.41. The van der Waals surface area contributed by atoms with Gasteiger partial charge in [0.15, 0.2) is 17.5 Å². The molecule has 0 spiro atoms. The van der Waals surface area contributed by atoms with E-state index in [1.165, 1.54) is 42.0 Å². The molecule has 0 aliphatic carbocycles. The van der Waals surface area contributed by atoms with Crippen molar-refractivity contribution >= 4 is 53.3 Å². The van der Waals surface area contributed by atoms with Crippen LogP contribution in [0.25, 0.3) is 64.8 Å². The van der Waals surface area contributed by atoms with Gasteiger partial charge in [-0.1, -0.05) is 109 Å². The minimum absolute atomic E-state index is 0.541. The van der Waals surface area contributed by atoms with E-state index in [4.69, 9.17) is 15.0 Å². The zero-order chi connectivity index (χ0) is 25.8.